The molecule has 0 atom stereocenters. The van der Waals surface area contributed by atoms with Crippen molar-refractivity contribution in [2.45, 2.75) is 16.7 Å². The maximum atomic E-state index is 12.0. The molecule has 8 heavy (non-hydrogen) atoms. The van der Waals surface area contributed by atoms with Crippen molar-refractivity contribution >= 4 is 23.2 Å². The molecular weight excluding hydrogens is 157 g/mol. The molecule has 0 aliphatic heterocycles. The fourth-order valence-corrected chi connectivity index (χ4v) is 0.719. The van der Waals surface area contributed by atoms with Crippen LogP contribution < -0.4 is 0 Å². The van der Waals surface area contributed by atoms with Crippen LogP contribution >= 0.6 is 23.2 Å². The average molecular weight is 160 g/mol. The van der Waals surface area contributed by atoms with Gasteiger partial charge in [-0.1, -0.05) is 23.2 Å². The number of alkyl halides is 4. The molecule has 1 radical (unpaired) electrons. The second kappa shape index (κ2) is 1.48. The Morgan fingerprint density at radius 1 is 1.38 bits per heavy atom. The molecule has 0 aromatic heterocycles. The molecule has 1 aliphatic carbocycles. The first-order valence-corrected chi connectivity index (χ1v) is 2.81. The Morgan fingerprint density at radius 2 is 1.75 bits per heavy atom. The van der Waals surface area contributed by atoms with Crippen LogP contribution in [-0.4, -0.2) is 10.3 Å². The van der Waals surface area contributed by atoms with Gasteiger partial charge in [-0.05, 0) is 6.42 Å². The summed E-state index contributed by atoms with van der Waals surface area (Å²) in [6, 6.07) is 0. The van der Waals surface area contributed by atoms with E-state index >= 15 is 0 Å². The lowest BCUT2D eigenvalue weighted by atomic mass is 9.93. The van der Waals surface area contributed by atoms with Gasteiger partial charge in [0.1, 0.15) is 0 Å². The SMILES string of the molecule is FC1(F)[CH]CC1(Cl)Cl. The first-order valence-electron chi connectivity index (χ1n) is 2.06. The van der Waals surface area contributed by atoms with Crippen molar-refractivity contribution < 1.29 is 8.78 Å². The van der Waals surface area contributed by atoms with E-state index in [2.05, 4.69) is 0 Å². The second-order valence-electron chi connectivity index (χ2n) is 1.74. The minimum atomic E-state index is -2.98. The predicted octanol–water partition coefficient (Wildman–Crippen LogP) is 2.40. The normalized spacial score (nSPS) is 31.5. The summed E-state index contributed by atoms with van der Waals surface area (Å²) in [6.45, 7) is 0. The highest BCUT2D eigenvalue weighted by Gasteiger charge is 2.60. The molecule has 0 spiro atoms. The largest absolute Gasteiger partial charge is 0.283 e. The zero-order chi connectivity index (χ0) is 6.41. The van der Waals surface area contributed by atoms with E-state index in [1.54, 1.807) is 0 Å². The second-order valence-corrected chi connectivity index (χ2v) is 3.22. The van der Waals surface area contributed by atoms with Crippen molar-refractivity contribution in [3.8, 4) is 0 Å². The predicted molar refractivity (Wildman–Crippen MR) is 28.3 cm³/mol. The lowest BCUT2D eigenvalue weighted by Crippen LogP contribution is -2.49. The van der Waals surface area contributed by atoms with E-state index in [1.165, 1.54) is 0 Å². The molecule has 0 aromatic rings. The van der Waals surface area contributed by atoms with Gasteiger partial charge in [0.15, 0.2) is 4.33 Å². The highest BCUT2D eigenvalue weighted by molar-refractivity contribution is 6.50. The smallest absolute Gasteiger partial charge is 0.203 e. The van der Waals surface area contributed by atoms with E-state index in [0.717, 1.165) is 6.42 Å². The number of hydrogen-bond acceptors (Lipinski definition) is 0. The van der Waals surface area contributed by atoms with Crippen LogP contribution in [0.15, 0.2) is 0 Å². The average Bonchev–Trinajstić information content (AvgIpc) is 1.64. The first-order chi connectivity index (χ1) is 3.46. The summed E-state index contributed by atoms with van der Waals surface area (Å²) in [5.74, 6) is -2.98. The van der Waals surface area contributed by atoms with E-state index in [4.69, 9.17) is 23.2 Å². The maximum absolute atomic E-state index is 12.0. The third-order valence-electron chi connectivity index (χ3n) is 1.10. The van der Waals surface area contributed by atoms with E-state index in [0.29, 0.717) is 0 Å². The van der Waals surface area contributed by atoms with Crippen LogP contribution in [0.5, 0.6) is 0 Å². The monoisotopic (exact) mass is 159 g/mol. The van der Waals surface area contributed by atoms with Crippen LogP contribution in [0.3, 0.4) is 0 Å². The fraction of sp³-hybridized carbons (Fsp3) is 0.750. The molecule has 0 aromatic carbocycles. The van der Waals surface area contributed by atoms with Crippen LogP contribution in [0.25, 0.3) is 0 Å². The first kappa shape index (κ1) is 6.56. The molecule has 0 N–H and O–H groups in total. The van der Waals surface area contributed by atoms with Crippen LogP contribution in [0.1, 0.15) is 6.42 Å². The van der Waals surface area contributed by atoms with Gasteiger partial charge in [0.05, 0.1) is 0 Å². The van der Waals surface area contributed by atoms with Gasteiger partial charge in [-0.25, -0.2) is 8.78 Å². The fourth-order valence-electron chi connectivity index (χ4n) is 0.411. The molecule has 47 valence electrons. The lowest BCUT2D eigenvalue weighted by Gasteiger charge is -2.38. The Hall–Kier alpha value is 0.440. The van der Waals surface area contributed by atoms with Crippen LogP contribution in [-0.2, 0) is 0 Å². The van der Waals surface area contributed by atoms with Gasteiger partial charge in [0.2, 0.25) is 0 Å². The van der Waals surface area contributed by atoms with Gasteiger partial charge in [0, 0.05) is 6.42 Å². The molecule has 0 nitrogen and oxygen atoms in total. The number of rotatable bonds is 0. The van der Waals surface area contributed by atoms with Gasteiger partial charge < -0.3 is 0 Å². The number of hydrogen-bond donors (Lipinski definition) is 0. The minimum Gasteiger partial charge on any atom is -0.203 e. The Balaban J connectivity index is 2.63. The summed E-state index contributed by atoms with van der Waals surface area (Å²) in [4.78, 5) is 0. The van der Waals surface area contributed by atoms with Gasteiger partial charge in [-0.2, -0.15) is 0 Å². The van der Waals surface area contributed by atoms with Crippen LogP contribution in [0.4, 0.5) is 8.78 Å². The summed E-state index contributed by atoms with van der Waals surface area (Å²) >= 11 is 10.2. The van der Waals surface area contributed by atoms with E-state index in [9.17, 15) is 8.78 Å². The van der Waals surface area contributed by atoms with Crippen molar-refractivity contribution in [1.82, 2.24) is 0 Å². The van der Waals surface area contributed by atoms with Crippen LogP contribution in [0.2, 0.25) is 0 Å². The third kappa shape index (κ3) is 0.705. The summed E-state index contributed by atoms with van der Waals surface area (Å²) in [7, 11) is 0. The summed E-state index contributed by atoms with van der Waals surface area (Å²) in [6.07, 6.45) is 0.871. The zero-order valence-electron chi connectivity index (χ0n) is 3.80. The molecular formula is C4H3Cl2F2. The van der Waals surface area contributed by atoms with E-state index < -0.39 is 10.3 Å². The molecule has 0 saturated heterocycles. The van der Waals surface area contributed by atoms with Gasteiger partial charge in [0.25, 0.3) is 5.92 Å². The van der Waals surface area contributed by atoms with Crippen LogP contribution in [0, 0.1) is 6.42 Å². The molecule has 1 rings (SSSR count). The quantitative estimate of drug-likeness (QED) is 0.477. The molecule has 1 saturated carbocycles. The Kier molecular flexibility index (Phi) is 1.21. The van der Waals surface area contributed by atoms with Crippen molar-refractivity contribution in [2.24, 2.45) is 0 Å². The topological polar surface area (TPSA) is 0 Å². The van der Waals surface area contributed by atoms with E-state index in [-0.39, 0.29) is 6.42 Å². The molecule has 4 heteroatoms. The number of halogens is 4. The van der Waals surface area contributed by atoms with Gasteiger partial charge >= 0.3 is 0 Å². The van der Waals surface area contributed by atoms with Gasteiger partial charge in [-0.3, -0.25) is 0 Å². The third-order valence-corrected chi connectivity index (χ3v) is 1.91. The van der Waals surface area contributed by atoms with Crippen molar-refractivity contribution in [3.05, 3.63) is 6.42 Å². The standard InChI is InChI=1S/C4H3Cl2F2/c5-3(6)1-2-4(3,7)8/h2H,1H2. The minimum absolute atomic E-state index is 0.0725. The molecule has 0 amide bonds. The van der Waals surface area contributed by atoms with Crippen molar-refractivity contribution in [1.29, 1.82) is 0 Å². The lowest BCUT2D eigenvalue weighted by molar-refractivity contribution is -0.0284. The molecule has 1 aliphatic rings. The van der Waals surface area contributed by atoms with Crippen molar-refractivity contribution in [3.63, 3.8) is 0 Å². The maximum Gasteiger partial charge on any atom is 0.283 e. The van der Waals surface area contributed by atoms with E-state index in [1.807, 2.05) is 0 Å². The molecule has 0 bridgehead atoms. The molecule has 1 fully saturated rings. The highest BCUT2D eigenvalue weighted by atomic mass is 35.5. The van der Waals surface area contributed by atoms with Gasteiger partial charge in [-0.15, -0.1) is 0 Å². The Labute approximate surface area is 55.8 Å². The highest BCUT2D eigenvalue weighted by Crippen LogP contribution is 2.53. The zero-order valence-corrected chi connectivity index (χ0v) is 5.31. The molecule has 0 heterocycles. The molecule has 0 unspecified atom stereocenters. The van der Waals surface area contributed by atoms with Crippen molar-refractivity contribution in [2.75, 3.05) is 0 Å². The summed E-state index contributed by atoms with van der Waals surface area (Å²) in [5, 5.41) is 0. The Bertz CT molecular complexity index is 96.6. The Morgan fingerprint density at radius 3 is 1.75 bits per heavy atom. The summed E-state index contributed by atoms with van der Waals surface area (Å²) < 4.78 is 22.2. The summed E-state index contributed by atoms with van der Waals surface area (Å²) in [5.41, 5.74) is 0.